The van der Waals surface area contributed by atoms with E-state index in [1.165, 1.54) is 10.8 Å². The molecule has 0 aliphatic rings. The molecule has 160 valence electrons. The quantitative estimate of drug-likeness (QED) is 0.279. The fourth-order valence-corrected chi connectivity index (χ4v) is 4.53. The third-order valence-electron chi connectivity index (χ3n) is 6.29. The van der Waals surface area contributed by atoms with Crippen molar-refractivity contribution in [3.63, 3.8) is 0 Å². The first-order valence-electron chi connectivity index (χ1n) is 11.2. The number of aromatic nitrogens is 2. The van der Waals surface area contributed by atoms with Crippen LogP contribution in [0, 0.1) is 0 Å². The average molecular weight is 429 g/mol. The molecule has 0 amide bonds. The van der Waals surface area contributed by atoms with Crippen molar-refractivity contribution in [3.8, 4) is 22.4 Å². The van der Waals surface area contributed by atoms with E-state index < -0.39 is 0 Å². The highest BCUT2D eigenvalue weighted by Gasteiger charge is 2.20. The van der Waals surface area contributed by atoms with Crippen LogP contribution >= 0.6 is 0 Å². The van der Waals surface area contributed by atoms with Crippen LogP contribution in [-0.4, -0.2) is 9.97 Å². The maximum atomic E-state index is 5.87. The molecule has 0 aliphatic heterocycles. The maximum absolute atomic E-state index is 5.87. The standard InChI is InChI=1S/C30H24N2O/c1-30(2,3)26-13-12-24-25(18-22-14-16-33-29(22)28(24)32-26)27-23(9-6-15-31-27)21-11-10-19-7-4-5-8-20(19)17-21/h4-18H,1-3H3. The first-order valence-corrected chi connectivity index (χ1v) is 11.2. The van der Waals surface area contributed by atoms with Crippen LogP contribution in [0.4, 0.5) is 0 Å². The van der Waals surface area contributed by atoms with Gasteiger partial charge in [-0.05, 0) is 46.7 Å². The number of rotatable bonds is 2. The zero-order valence-corrected chi connectivity index (χ0v) is 19.0. The fourth-order valence-electron chi connectivity index (χ4n) is 4.53. The summed E-state index contributed by atoms with van der Waals surface area (Å²) in [6.07, 6.45) is 3.60. The van der Waals surface area contributed by atoms with Crippen LogP contribution < -0.4 is 0 Å². The van der Waals surface area contributed by atoms with Crippen LogP contribution in [-0.2, 0) is 5.41 Å². The first kappa shape index (κ1) is 19.7. The van der Waals surface area contributed by atoms with Gasteiger partial charge in [0.1, 0.15) is 5.52 Å². The summed E-state index contributed by atoms with van der Waals surface area (Å²) >= 11 is 0. The molecule has 0 saturated heterocycles. The molecule has 0 N–H and O–H groups in total. The lowest BCUT2D eigenvalue weighted by atomic mass is 9.90. The van der Waals surface area contributed by atoms with E-state index in [4.69, 9.17) is 14.4 Å². The molecule has 0 spiro atoms. The van der Waals surface area contributed by atoms with Crippen LogP contribution in [0.5, 0.6) is 0 Å². The molecule has 0 saturated carbocycles. The van der Waals surface area contributed by atoms with E-state index in [9.17, 15) is 0 Å². The molecule has 6 rings (SSSR count). The summed E-state index contributed by atoms with van der Waals surface area (Å²) in [5.74, 6) is 0. The molecule has 0 atom stereocenters. The van der Waals surface area contributed by atoms with E-state index in [0.29, 0.717) is 0 Å². The van der Waals surface area contributed by atoms with E-state index in [0.717, 1.165) is 50.0 Å². The lowest BCUT2D eigenvalue weighted by molar-refractivity contribution is 0.570. The second-order valence-electron chi connectivity index (χ2n) is 9.57. The smallest absolute Gasteiger partial charge is 0.160 e. The molecule has 0 radical (unpaired) electrons. The molecule has 3 nitrogen and oxygen atoms in total. The molecular weight excluding hydrogens is 404 g/mol. The number of pyridine rings is 2. The van der Waals surface area contributed by atoms with Gasteiger partial charge < -0.3 is 4.42 Å². The summed E-state index contributed by atoms with van der Waals surface area (Å²) in [6, 6.07) is 27.7. The van der Waals surface area contributed by atoms with Gasteiger partial charge in [0.15, 0.2) is 5.58 Å². The van der Waals surface area contributed by atoms with Gasteiger partial charge in [-0.15, -0.1) is 0 Å². The molecule has 3 aromatic heterocycles. The van der Waals surface area contributed by atoms with E-state index in [1.807, 2.05) is 18.3 Å². The van der Waals surface area contributed by atoms with Gasteiger partial charge in [-0.3, -0.25) is 4.98 Å². The first-order chi connectivity index (χ1) is 16.0. The lowest BCUT2D eigenvalue weighted by Crippen LogP contribution is -2.13. The summed E-state index contributed by atoms with van der Waals surface area (Å²) in [5.41, 5.74) is 6.97. The topological polar surface area (TPSA) is 38.9 Å². The van der Waals surface area contributed by atoms with Gasteiger partial charge in [0.05, 0.1) is 12.0 Å². The van der Waals surface area contributed by atoms with Crippen LogP contribution in [0.25, 0.3) is 55.0 Å². The SMILES string of the molecule is CC(C)(C)c1ccc2c(-c3ncccc3-c3ccc4ccccc4c3)cc3ccoc3c2n1. The van der Waals surface area contributed by atoms with Gasteiger partial charge in [0.2, 0.25) is 0 Å². The molecular formula is C30H24N2O. The predicted molar refractivity (Wildman–Crippen MR) is 136 cm³/mol. The zero-order valence-electron chi connectivity index (χ0n) is 19.0. The van der Waals surface area contributed by atoms with Crippen molar-refractivity contribution >= 4 is 32.6 Å². The van der Waals surface area contributed by atoms with Crippen molar-refractivity contribution < 1.29 is 4.42 Å². The fraction of sp³-hybridized carbons (Fsp3) is 0.133. The molecule has 3 aromatic carbocycles. The lowest BCUT2D eigenvalue weighted by Gasteiger charge is -2.19. The Morgan fingerprint density at radius 1 is 0.727 bits per heavy atom. The molecule has 0 fully saturated rings. The molecule has 6 aromatic rings. The summed E-state index contributed by atoms with van der Waals surface area (Å²) < 4.78 is 5.87. The number of furan rings is 1. The van der Waals surface area contributed by atoms with Crippen molar-refractivity contribution in [3.05, 3.63) is 97.0 Å². The van der Waals surface area contributed by atoms with Crippen molar-refractivity contribution in [1.29, 1.82) is 0 Å². The maximum Gasteiger partial charge on any atom is 0.160 e. The average Bonchev–Trinajstić information content (AvgIpc) is 3.31. The molecule has 0 unspecified atom stereocenters. The Bertz CT molecular complexity index is 1650. The minimum Gasteiger partial charge on any atom is -0.462 e. The Kier molecular flexibility index (Phi) is 4.34. The molecule has 3 heteroatoms. The second kappa shape index (κ2) is 7.28. The Morgan fingerprint density at radius 3 is 2.42 bits per heavy atom. The highest BCUT2D eigenvalue weighted by Crippen LogP contribution is 2.39. The van der Waals surface area contributed by atoms with Crippen LogP contribution in [0.2, 0.25) is 0 Å². The van der Waals surface area contributed by atoms with Crippen LogP contribution in [0.3, 0.4) is 0 Å². The third-order valence-corrected chi connectivity index (χ3v) is 6.29. The highest BCUT2D eigenvalue weighted by atomic mass is 16.3. The Morgan fingerprint density at radius 2 is 1.58 bits per heavy atom. The Balaban J connectivity index is 1.64. The summed E-state index contributed by atoms with van der Waals surface area (Å²) in [6.45, 7) is 6.54. The number of hydrogen-bond acceptors (Lipinski definition) is 3. The van der Waals surface area contributed by atoms with Crippen molar-refractivity contribution in [1.82, 2.24) is 9.97 Å². The van der Waals surface area contributed by atoms with Gasteiger partial charge in [-0.1, -0.05) is 69.3 Å². The van der Waals surface area contributed by atoms with E-state index in [1.54, 1.807) is 6.26 Å². The summed E-state index contributed by atoms with van der Waals surface area (Å²) in [4.78, 5) is 9.91. The van der Waals surface area contributed by atoms with Gasteiger partial charge in [-0.2, -0.15) is 0 Å². The van der Waals surface area contributed by atoms with Crippen LogP contribution in [0.1, 0.15) is 26.5 Å². The molecule has 0 aliphatic carbocycles. The summed E-state index contributed by atoms with van der Waals surface area (Å²) in [7, 11) is 0. The number of hydrogen-bond donors (Lipinski definition) is 0. The minimum atomic E-state index is -0.0512. The van der Waals surface area contributed by atoms with Crippen molar-refractivity contribution in [2.75, 3.05) is 0 Å². The monoisotopic (exact) mass is 428 g/mol. The predicted octanol–water partition coefficient (Wildman–Crippen LogP) is 8.16. The third kappa shape index (κ3) is 3.28. The zero-order chi connectivity index (χ0) is 22.6. The van der Waals surface area contributed by atoms with Gasteiger partial charge >= 0.3 is 0 Å². The van der Waals surface area contributed by atoms with E-state index in [-0.39, 0.29) is 5.41 Å². The van der Waals surface area contributed by atoms with Gasteiger partial charge in [0.25, 0.3) is 0 Å². The van der Waals surface area contributed by atoms with E-state index >= 15 is 0 Å². The van der Waals surface area contributed by atoms with E-state index in [2.05, 4.69) is 87.5 Å². The van der Waals surface area contributed by atoms with Crippen molar-refractivity contribution in [2.24, 2.45) is 0 Å². The largest absolute Gasteiger partial charge is 0.462 e. The Hall–Kier alpha value is -3.98. The van der Waals surface area contributed by atoms with Crippen LogP contribution in [0.15, 0.2) is 95.7 Å². The molecule has 0 bridgehead atoms. The minimum absolute atomic E-state index is 0.0512. The van der Waals surface area contributed by atoms with Gasteiger partial charge in [-0.25, -0.2) is 4.98 Å². The highest BCUT2D eigenvalue weighted by molar-refractivity contribution is 6.10. The van der Waals surface area contributed by atoms with Crippen molar-refractivity contribution in [2.45, 2.75) is 26.2 Å². The second-order valence-corrected chi connectivity index (χ2v) is 9.57. The normalized spacial score (nSPS) is 12.1. The number of benzene rings is 3. The summed E-state index contributed by atoms with van der Waals surface area (Å²) in [5, 5.41) is 4.53. The number of fused-ring (bicyclic) bond motifs is 4. The Labute approximate surface area is 192 Å². The van der Waals surface area contributed by atoms with Gasteiger partial charge in [0, 0.05) is 39.2 Å². The molecule has 3 heterocycles. The molecule has 33 heavy (non-hydrogen) atoms. The number of nitrogens with zero attached hydrogens (tertiary/aromatic N) is 2.